The molecule has 0 aliphatic carbocycles. The van der Waals surface area contributed by atoms with Crippen LogP contribution in [-0.2, 0) is 21.2 Å². The summed E-state index contributed by atoms with van der Waals surface area (Å²) in [5.74, 6) is 2.57. The number of carbonyl (C=O) groups is 1. The van der Waals surface area contributed by atoms with E-state index in [1.54, 1.807) is 4.90 Å². The van der Waals surface area contributed by atoms with E-state index in [0.717, 1.165) is 42.1 Å². The quantitative estimate of drug-likeness (QED) is 0.583. The fourth-order valence-corrected chi connectivity index (χ4v) is 7.00. The van der Waals surface area contributed by atoms with E-state index in [0.29, 0.717) is 49.6 Å². The first-order chi connectivity index (χ1) is 19.0. The maximum Gasteiger partial charge on any atom is 0.410 e. The highest BCUT2D eigenvalue weighted by Crippen LogP contribution is 2.40. The van der Waals surface area contributed by atoms with Crippen LogP contribution in [0.4, 0.5) is 22.1 Å². The zero-order valence-corrected chi connectivity index (χ0v) is 24.3. The van der Waals surface area contributed by atoms with Crippen LogP contribution in [0, 0.1) is 6.92 Å². The van der Waals surface area contributed by atoms with Crippen LogP contribution in [0.25, 0.3) is 0 Å². The molecule has 1 unspecified atom stereocenters. The fraction of sp³-hybridized carbons (Fsp3) is 0.630. The van der Waals surface area contributed by atoms with Crippen LogP contribution in [0.1, 0.15) is 50.1 Å². The normalized spacial score (nSPS) is 22.9. The van der Waals surface area contributed by atoms with Gasteiger partial charge in [0.1, 0.15) is 30.2 Å². The lowest BCUT2D eigenvalue weighted by atomic mass is 10.0. The molecule has 12 nitrogen and oxygen atoms in total. The Morgan fingerprint density at radius 1 is 1.12 bits per heavy atom. The molecule has 1 atom stereocenters. The van der Waals surface area contributed by atoms with Crippen molar-refractivity contribution in [1.29, 1.82) is 0 Å². The van der Waals surface area contributed by atoms with Crippen molar-refractivity contribution >= 4 is 33.3 Å². The lowest BCUT2D eigenvalue weighted by molar-refractivity contribution is -0.0114. The van der Waals surface area contributed by atoms with E-state index >= 15 is 0 Å². The Morgan fingerprint density at radius 2 is 1.88 bits per heavy atom. The zero-order chi connectivity index (χ0) is 28.2. The summed E-state index contributed by atoms with van der Waals surface area (Å²) in [4.78, 5) is 32.5. The molecule has 0 saturated carbocycles. The highest BCUT2D eigenvalue weighted by molar-refractivity contribution is 7.91. The number of hydrogen-bond acceptors (Lipinski definition) is 11. The van der Waals surface area contributed by atoms with Gasteiger partial charge in [-0.2, -0.15) is 0 Å². The van der Waals surface area contributed by atoms with Gasteiger partial charge in [0.2, 0.25) is 0 Å². The highest BCUT2D eigenvalue weighted by atomic mass is 32.2. The standard InChI is InChI=1S/C27H37N7O5S/c1-17-23-22(31-24-20(15-38-23)25(29-16-28-24)32-7-9-40(36,37)10-8-32)11-21(30-17)18-5-6-33(12-18)19-13-34(14-19)26(35)39-27(2,3)4/h11,16,18-19H,5-10,12-15H2,1-4H3,(H,28,29,31). The molecule has 2 aromatic rings. The van der Waals surface area contributed by atoms with Gasteiger partial charge in [0.15, 0.2) is 15.6 Å². The van der Waals surface area contributed by atoms with E-state index in [9.17, 15) is 13.2 Å². The van der Waals surface area contributed by atoms with Gasteiger partial charge in [-0.1, -0.05) is 0 Å². The predicted octanol–water partition coefficient (Wildman–Crippen LogP) is 2.46. The number of amides is 1. The minimum absolute atomic E-state index is 0.116. The summed E-state index contributed by atoms with van der Waals surface area (Å²) in [6.07, 6.45) is 2.26. The van der Waals surface area contributed by atoms with Gasteiger partial charge in [-0.25, -0.2) is 23.2 Å². The van der Waals surface area contributed by atoms with E-state index in [1.807, 2.05) is 32.6 Å². The number of fused-ring (bicyclic) bond motifs is 2. The maximum absolute atomic E-state index is 12.3. The molecule has 1 N–H and O–H groups in total. The number of hydrogen-bond donors (Lipinski definition) is 1. The summed E-state index contributed by atoms with van der Waals surface area (Å²) in [5.41, 5.74) is 2.97. The van der Waals surface area contributed by atoms with Crippen molar-refractivity contribution in [2.75, 3.05) is 61.0 Å². The molecule has 0 radical (unpaired) electrons. The highest BCUT2D eigenvalue weighted by Gasteiger charge is 2.40. The van der Waals surface area contributed by atoms with Gasteiger partial charge in [0, 0.05) is 50.4 Å². The summed E-state index contributed by atoms with van der Waals surface area (Å²) in [6, 6.07) is 2.40. The summed E-state index contributed by atoms with van der Waals surface area (Å²) < 4.78 is 35.6. The maximum atomic E-state index is 12.3. The van der Waals surface area contributed by atoms with Gasteiger partial charge in [-0.3, -0.25) is 9.88 Å². The molecule has 1 amide bonds. The van der Waals surface area contributed by atoms with Crippen LogP contribution in [0.3, 0.4) is 0 Å². The van der Waals surface area contributed by atoms with Crippen LogP contribution >= 0.6 is 0 Å². The number of sulfone groups is 1. The molecule has 13 heteroatoms. The largest absolute Gasteiger partial charge is 0.485 e. The number of ether oxygens (including phenoxy) is 2. The molecule has 216 valence electrons. The third-order valence-electron chi connectivity index (χ3n) is 8.01. The first kappa shape index (κ1) is 27.0. The first-order valence-corrected chi connectivity index (χ1v) is 15.7. The van der Waals surface area contributed by atoms with Crippen LogP contribution in [0.5, 0.6) is 5.75 Å². The molecular weight excluding hydrogens is 534 g/mol. The molecule has 0 spiro atoms. The third kappa shape index (κ3) is 5.40. The number of aromatic nitrogens is 3. The van der Waals surface area contributed by atoms with E-state index in [4.69, 9.17) is 14.5 Å². The number of carbonyl (C=O) groups excluding carboxylic acids is 1. The molecule has 0 aromatic carbocycles. The average Bonchev–Trinajstić information content (AvgIpc) is 3.23. The second kappa shape index (κ2) is 10.0. The van der Waals surface area contributed by atoms with E-state index < -0.39 is 15.4 Å². The molecule has 3 saturated heterocycles. The molecule has 6 heterocycles. The monoisotopic (exact) mass is 571 g/mol. The molecule has 3 fully saturated rings. The number of likely N-dealkylation sites (tertiary alicyclic amines) is 2. The van der Waals surface area contributed by atoms with Gasteiger partial charge < -0.3 is 24.6 Å². The first-order valence-electron chi connectivity index (χ1n) is 13.9. The lowest BCUT2D eigenvalue weighted by Crippen LogP contribution is -2.61. The van der Waals surface area contributed by atoms with Gasteiger partial charge >= 0.3 is 6.09 Å². The van der Waals surface area contributed by atoms with Gasteiger partial charge in [-0.05, 0) is 46.7 Å². The van der Waals surface area contributed by atoms with Crippen molar-refractivity contribution in [3.05, 3.63) is 29.3 Å². The molecular formula is C27H37N7O5S. The van der Waals surface area contributed by atoms with Crippen LogP contribution in [0.2, 0.25) is 0 Å². The van der Waals surface area contributed by atoms with Gasteiger partial charge in [0.05, 0.1) is 28.5 Å². The number of nitrogens with one attached hydrogen (secondary N) is 1. The summed E-state index contributed by atoms with van der Waals surface area (Å²) in [5, 5.41) is 3.46. The van der Waals surface area contributed by atoms with Crippen molar-refractivity contribution in [2.45, 2.75) is 58.3 Å². The second-order valence-corrected chi connectivity index (χ2v) is 14.4. The van der Waals surface area contributed by atoms with Crippen molar-refractivity contribution < 1.29 is 22.7 Å². The minimum Gasteiger partial charge on any atom is -0.485 e. The number of anilines is 3. The topological polar surface area (TPSA) is 130 Å². The van der Waals surface area contributed by atoms with E-state index in [2.05, 4.69) is 26.3 Å². The molecule has 6 rings (SSSR count). The van der Waals surface area contributed by atoms with E-state index in [1.165, 1.54) is 6.33 Å². The summed E-state index contributed by atoms with van der Waals surface area (Å²) in [7, 11) is -3.00. The average molecular weight is 572 g/mol. The van der Waals surface area contributed by atoms with Crippen molar-refractivity contribution in [3.8, 4) is 5.75 Å². The predicted molar refractivity (Wildman–Crippen MR) is 150 cm³/mol. The summed E-state index contributed by atoms with van der Waals surface area (Å²) >= 11 is 0. The molecule has 4 aliphatic rings. The Hall–Kier alpha value is -3.19. The summed E-state index contributed by atoms with van der Waals surface area (Å²) in [6.45, 7) is 11.9. The molecule has 40 heavy (non-hydrogen) atoms. The van der Waals surface area contributed by atoms with E-state index in [-0.39, 0.29) is 30.1 Å². The van der Waals surface area contributed by atoms with Crippen molar-refractivity contribution in [3.63, 3.8) is 0 Å². The molecule has 2 aromatic heterocycles. The zero-order valence-electron chi connectivity index (χ0n) is 23.5. The van der Waals surface area contributed by atoms with Gasteiger partial charge in [-0.15, -0.1) is 0 Å². The third-order valence-corrected chi connectivity index (χ3v) is 9.62. The number of pyridine rings is 1. The van der Waals surface area contributed by atoms with Crippen LogP contribution in [-0.4, -0.2) is 102 Å². The lowest BCUT2D eigenvalue weighted by Gasteiger charge is -2.44. The SMILES string of the molecule is Cc1nc(C2CCN(C3CN(C(=O)OC(C)(C)C)C3)C2)cc2c1OCc1c(ncnc1N1CCS(=O)(=O)CC1)N2. The van der Waals surface area contributed by atoms with Crippen LogP contribution in [0.15, 0.2) is 12.4 Å². The van der Waals surface area contributed by atoms with Crippen LogP contribution < -0.4 is 15.0 Å². The number of rotatable bonds is 3. The molecule has 4 aliphatic heterocycles. The van der Waals surface area contributed by atoms with Crippen molar-refractivity contribution in [2.24, 2.45) is 0 Å². The Bertz CT molecular complexity index is 1410. The number of aryl methyl sites for hydroxylation is 1. The Labute approximate surface area is 235 Å². The Balaban J connectivity index is 1.14. The Kier molecular flexibility index (Phi) is 6.76. The molecule has 0 bridgehead atoms. The smallest absolute Gasteiger partial charge is 0.410 e. The number of nitrogens with zero attached hydrogens (tertiary/aromatic N) is 6. The minimum atomic E-state index is -3.00. The second-order valence-electron chi connectivity index (χ2n) is 12.1. The van der Waals surface area contributed by atoms with Gasteiger partial charge in [0.25, 0.3) is 0 Å². The fourth-order valence-electron chi connectivity index (χ4n) is 5.80. The van der Waals surface area contributed by atoms with Crippen molar-refractivity contribution in [1.82, 2.24) is 24.8 Å². The Morgan fingerprint density at radius 3 is 2.60 bits per heavy atom.